The number of ether oxygens (including phenoxy) is 2. The van der Waals surface area contributed by atoms with Crippen molar-refractivity contribution in [1.82, 2.24) is 5.32 Å². The average molecular weight is 319 g/mol. The van der Waals surface area contributed by atoms with E-state index in [-0.39, 0.29) is 24.0 Å². The second-order valence-corrected chi connectivity index (χ2v) is 7.05. The Hall–Kier alpha value is -2.04. The van der Waals surface area contributed by atoms with Gasteiger partial charge in [0.2, 0.25) is 0 Å². The van der Waals surface area contributed by atoms with Crippen LogP contribution in [-0.4, -0.2) is 29.8 Å². The number of nitrogens with one attached hydrogen (secondary N) is 1. The van der Waals surface area contributed by atoms with Crippen LogP contribution in [0.4, 0.5) is 4.79 Å². The number of benzene rings is 1. The van der Waals surface area contributed by atoms with Crippen LogP contribution in [0.5, 0.6) is 0 Å². The van der Waals surface area contributed by atoms with Gasteiger partial charge in [-0.05, 0) is 39.2 Å². The molecular weight excluding hydrogens is 294 g/mol. The van der Waals surface area contributed by atoms with Gasteiger partial charge in [0, 0.05) is 0 Å². The highest BCUT2D eigenvalue weighted by Gasteiger charge is 2.37. The Labute approximate surface area is 137 Å². The van der Waals surface area contributed by atoms with E-state index in [4.69, 9.17) is 9.47 Å². The fraction of sp³-hybridized carbons (Fsp3) is 0.556. The SMILES string of the molecule is C[C@H]1C[C@@H]([C@H](Cc2ccccc2)NC(=O)OC(C)(C)C)OC1=O. The molecule has 3 atom stereocenters. The summed E-state index contributed by atoms with van der Waals surface area (Å²) in [7, 11) is 0. The van der Waals surface area contributed by atoms with E-state index in [0.29, 0.717) is 12.8 Å². The third kappa shape index (κ3) is 5.27. The minimum atomic E-state index is -0.568. The van der Waals surface area contributed by atoms with Crippen molar-refractivity contribution in [1.29, 1.82) is 0 Å². The van der Waals surface area contributed by atoms with Crippen LogP contribution in [0.15, 0.2) is 30.3 Å². The molecule has 126 valence electrons. The van der Waals surface area contributed by atoms with Gasteiger partial charge in [-0.2, -0.15) is 0 Å². The number of carbonyl (C=O) groups is 2. The summed E-state index contributed by atoms with van der Waals surface area (Å²) in [5.41, 5.74) is 0.505. The van der Waals surface area contributed by atoms with Crippen LogP contribution < -0.4 is 5.32 Å². The van der Waals surface area contributed by atoms with E-state index in [1.807, 2.05) is 58.0 Å². The predicted octanol–water partition coefficient (Wildman–Crippen LogP) is 3.07. The van der Waals surface area contributed by atoms with Gasteiger partial charge in [0.1, 0.15) is 11.7 Å². The Morgan fingerprint density at radius 3 is 2.52 bits per heavy atom. The van der Waals surface area contributed by atoms with Gasteiger partial charge in [-0.15, -0.1) is 0 Å². The van der Waals surface area contributed by atoms with Crippen LogP contribution in [0.2, 0.25) is 0 Å². The van der Waals surface area contributed by atoms with Crippen LogP contribution in [0.3, 0.4) is 0 Å². The topological polar surface area (TPSA) is 64.6 Å². The van der Waals surface area contributed by atoms with Crippen LogP contribution in [-0.2, 0) is 20.7 Å². The minimum Gasteiger partial charge on any atom is -0.460 e. The van der Waals surface area contributed by atoms with E-state index in [9.17, 15) is 9.59 Å². The first-order valence-corrected chi connectivity index (χ1v) is 7.98. The van der Waals surface area contributed by atoms with Crippen molar-refractivity contribution in [2.24, 2.45) is 5.92 Å². The second kappa shape index (κ2) is 7.02. The number of hydrogen-bond acceptors (Lipinski definition) is 4. The maximum atomic E-state index is 12.1. The van der Waals surface area contributed by atoms with Gasteiger partial charge in [0.05, 0.1) is 12.0 Å². The standard InChI is InChI=1S/C18H25NO4/c1-12-10-15(22-16(12)20)14(11-13-8-6-5-7-9-13)19-17(21)23-18(2,3)4/h5-9,12,14-15H,10-11H2,1-4H3,(H,19,21)/t12-,14-,15-/m0/s1. The van der Waals surface area contributed by atoms with Crippen molar-refractivity contribution in [2.75, 3.05) is 0 Å². The molecule has 0 radical (unpaired) electrons. The van der Waals surface area contributed by atoms with Gasteiger partial charge >= 0.3 is 12.1 Å². The molecule has 0 unspecified atom stereocenters. The van der Waals surface area contributed by atoms with E-state index in [2.05, 4.69) is 5.32 Å². The summed E-state index contributed by atoms with van der Waals surface area (Å²) >= 11 is 0. The molecule has 1 heterocycles. The third-order valence-electron chi connectivity index (χ3n) is 3.71. The summed E-state index contributed by atoms with van der Waals surface area (Å²) < 4.78 is 10.8. The van der Waals surface area contributed by atoms with Crippen molar-refractivity contribution in [3.8, 4) is 0 Å². The van der Waals surface area contributed by atoms with E-state index >= 15 is 0 Å². The van der Waals surface area contributed by atoms with Crippen LogP contribution >= 0.6 is 0 Å². The minimum absolute atomic E-state index is 0.140. The van der Waals surface area contributed by atoms with Crippen LogP contribution in [0, 0.1) is 5.92 Å². The number of carbonyl (C=O) groups excluding carboxylic acids is 2. The lowest BCUT2D eigenvalue weighted by Crippen LogP contribution is -2.46. The third-order valence-corrected chi connectivity index (χ3v) is 3.71. The van der Waals surface area contributed by atoms with Gasteiger partial charge < -0.3 is 14.8 Å². The number of cyclic esters (lactones) is 1. The lowest BCUT2D eigenvalue weighted by molar-refractivity contribution is -0.144. The summed E-state index contributed by atoms with van der Waals surface area (Å²) in [4.78, 5) is 23.8. The van der Waals surface area contributed by atoms with E-state index in [1.54, 1.807) is 0 Å². The molecule has 1 fully saturated rings. The Morgan fingerprint density at radius 2 is 2.00 bits per heavy atom. The lowest BCUT2D eigenvalue weighted by Gasteiger charge is -2.26. The van der Waals surface area contributed by atoms with E-state index in [0.717, 1.165) is 5.56 Å². The first-order valence-electron chi connectivity index (χ1n) is 7.98. The molecule has 23 heavy (non-hydrogen) atoms. The molecule has 0 aromatic heterocycles. The van der Waals surface area contributed by atoms with Crippen molar-refractivity contribution >= 4 is 12.1 Å². The Bertz CT molecular complexity index is 550. The normalized spacial score (nSPS) is 22.3. The molecule has 1 amide bonds. The zero-order valence-corrected chi connectivity index (χ0v) is 14.2. The molecule has 0 saturated carbocycles. The molecule has 1 aromatic rings. The number of alkyl carbamates (subject to hydrolysis) is 1. The molecule has 5 nitrogen and oxygen atoms in total. The van der Waals surface area contributed by atoms with Crippen LogP contribution in [0.25, 0.3) is 0 Å². The molecular formula is C18H25NO4. The van der Waals surface area contributed by atoms with Crippen LogP contribution in [0.1, 0.15) is 39.7 Å². The Kier molecular flexibility index (Phi) is 5.29. The Balaban J connectivity index is 2.08. The summed E-state index contributed by atoms with van der Waals surface area (Å²) in [5, 5.41) is 2.87. The second-order valence-electron chi connectivity index (χ2n) is 7.05. The zero-order valence-electron chi connectivity index (χ0n) is 14.2. The van der Waals surface area contributed by atoms with Gasteiger partial charge in [-0.3, -0.25) is 4.79 Å². The van der Waals surface area contributed by atoms with Crippen molar-refractivity contribution in [3.05, 3.63) is 35.9 Å². The molecule has 1 aliphatic heterocycles. The monoisotopic (exact) mass is 319 g/mol. The van der Waals surface area contributed by atoms with Gasteiger partial charge in [0.15, 0.2) is 0 Å². The van der Waals surface area contributed by atoms with E-state index in [1.165, 1.54) is 0 Å². The molecule has 1 aromatic carbocycles. The number of hydrogen-bond donors (Lipinski definition) is 1. The summed E-state index contributed by atoms with van der Waals surface area (Å²) in [6, 6.07) is 9.51. The molecule has 0 spiro atoms. The first kappa shape index (κ1) is 17.3. The molecule has 1 aliphatic rings. The number of esters is 1. The smallest absolute Gasteiger partial charge is 0.408 e. The van der Waals surface area contributed by atoms with Crippen molar-refractivity contribution in [2.45, 2.75) is 58.3 Å². The molecule has 0 aliphatic carbocycles. The largest absolute Gasteiger partial charge is 0.460 e. The summed E-state index contributed by atoms with van der Waals surface area (Å²) in [6.07, 6.45) is 0.371. The molecule has 1 N–H and O–H groups in total. The van der Waals surface area contributed by atoms with Gasteiger partial charge in [-0.1, -0.05) is 37.3 Å². The number of amides is 1. The maximum Gasteiger partial charge on any atom is 0.408 e. The molecule has 0 bridgehead atoms. The summed E-state index contributed by atoms with van der Waals surface area (Å²) in [6.45, 7) is 7.29. The molecule has 1 saturated heterocycles. The lowest BCUT2D eigenvalue weighted by atomic mass is 9.97. The molecule has 2 rings (SSSR count). The highest BCUT2D eigenvalue weighted by atomic mass is 16.6. The first-order chi connectivity index (χ1) is 10.7. The van der Waals surface area contributed by atoms with Crippen molar-refractivity contribution < 1.29 is 19.1 Å². The van der Waals surface area contributed by atoms with Gasteiger partial charge in [0.25, 0.3) is 0 Å². The number of rotatable bonds is 4. The zero-order chi connectivity index (χ0) is 17.0. The maximum absolute atomic E-state index is 12.1. The average Bonchev–Trinajstić information content (AvgIpc) is 2.77. The fourth-order valence-corrected chi connectivity index (χ4v) is 2.61. The highest BCUT2D eigenvalue weighted by Crippen LogP contribution is 2.25. The highest BCUT2D eigenvalue weighted by molar-refractivity contribution is 5.74. The quantitative estimate of drug-likeness (QED) is 0.866. The molecule has 5 heteroatoms. The van der Waals surface area contributed by atoms with Gasteiger partial charge in [-0.25, -0.2) is 4.79 Å². The predicted molar refractivity (Wildman–Crippen MR) is 87.0 cm³/mol. The van der Waals surface area contributed by atoms with Crippen molar-refractivity contribution in [3.63, 3.8) is 0 Å². The Morgan fingerprint density at radius 1 is 1.35 bits per heavy atom. The van der Waals surface area contributed by atoms with E-state index < -0.39 is 11.7 Å². The fourth-order valence-electron chi connectivity index (χ4n) is 2.61. The summed E-state index contributed by atoms with van der Waals surface area (Å²) in [5.74, 6) is -0.349.